The lowest BCUT2D eigenvalue weighted by Gasteiger charge is -2.32. The van der Waals surface area contributed by atoms with E-state index in [4.69, 9.17) is 9.47 Å². The zero-order valence-electron chi connectivity index (χ0n) is 21.4. The number of rotatable bonds is 9. The van der Waals surface area contributed by atoms with Crippen LogP contribution >= 0.6 is 0 Å². The fourth-order valence-corrected chi connectivity index (χ4v) is 5.63. The minimum atomic E-state index is -3.60. The summed E-state index contributed by atoms with van der Waals surface area (Å²) >= 11 is 0. The average Bonchev–Trinajstić information content (AvgIpc) is 2.87. The van der Waals surface area contributed by atoms with E-state index >= 15 is 0 Å². The van der Waals surface area contributed by atoms with Crippen molar-refractivity contribution in [3.05, 3.63) is 48.0 Å². The summed E-state index contributed by atoms with van der Waals surface area (Å²) in [4.78, 5) is 26.3. The number of sulfonamides is 1. The second kappa shape index (κ2) is 11.7. The molecule has 1 fully saturated rings. The van der Waals surface area contributed by atoms with E-state index in [1.165, 1.54) is 18.5 Å². The summed E-state index contributed by atoms with van der Waals surface area (Å²) in [7, 11) is -0.563. The van der Waals surface area contributed by atoms with Gasteiger partial charge in [0, 0.05) is 30.8 Å². The normalized spacial score (nSPS) is 15.8. The van der Waals surface area contributed by atoms with Crippen LogP contribution in [-0.2, 0) is 19.6 Å². The predicted octanol–water partition coefficient (Wildman–Crippen LogP) is 3.19. The fourth-order valence-electron chi connectivity index (χ4n) is 4.16. The Kier molecular flexibility index (Phi) is 8.97. The first-order valence-electron chi connectivity index (χ1n) is 12.0. The topological polar surface area (TPSA) is 114 Å². The molecule has 2 amide bonds. The second-order valence-electron chi connectivity index (χ2n) is 9.28. The van der Waals surface area contributed by atoms with Crippen LogP contribution in [0, 0.1) is 18.8 Å². The van der Waals surface area contributed by atoms with Crippen molar-refractivity contribution in [3.63, 3.8) is 0 Å². The summed E-state index contributed by atoms with van der Waals surface area (Å²) in [5, 5.41) is 5.70. The molecule has 0 aliphatic carbocycles. The number of methoxy groups -OCH3 is 2. The number of hydrogen-bond acceptors (Lipinski definition) is 6. The number of ether oxygens (including phenoxy) is 2. The van der Waals surface area contributed by atoms with Gasteiger partial charge in [-0.3, -0.25) is 9.59 Å². The molecule has 9 nitrogen and oxygen atoms in total. The van der Waals surface area contributed by atoms with Crippen LogP contribution in [0.5, 0.6) is 11.5 Å². The van der Waals surface area contributed by atoms with Gasteiger partial charge in [0.05, 0.1) is 19.1 Å². The first kappa shape index (κ1) is 27.5. The predicted molar refractivity (Wildman–Crippen MR) is 138 cm³/mol. The Morgan fingerprint density at radius 3 is 2.14 bits per heavy atom. The molecule has 2 aromatic carbocycles. The molecule has 0 spiro atoms. The number of carbonyl (C=O) groups is 2. The third-order valence-corrected chi connectivity index (χ3v) is 8.29. The van der Waals surface area contributed by atoms with Gasteiger partial charge in [-0.15, -0.1) is 0 Å². The van der Waals surface area contributed by atoms with E-state index in [0.29, 0.717) is 30.0 Å². The van der Waals surface area contributed by atoms with Gasteiger partial charge in [0.15, 0.2) is 11.5 Å². The Morgan fingerprint density at radius 2 is 1.58 bits per heavy atom. The van der Waals surface area contributed by atoms with E-state index in [9.17, 15) is 18.0 Å². The molecule has 1 aliphatic heterocycles. The maximum atomic E-state index is 13.0. The smallest absolute Gasteiger partial charge is 0.247 e. The molecular weight excluding hydrogens is 482 g/mol. The lowest BCUT2D eigenvalue weighted by molar-refractivity contribution is -0.130. The van der Waals surface area contributed by atoms with Crippen molar-refractivity contribution in [2.45, 2.75) is 44.6 Å². The van der Waals surface area contributed by atoms with Gasteiger partial charge in [-0.25, -0.2) is 8.42 Å². The molecule has 36 heavy (non-hydrogen) atoms. The number of nitrogens with zero attached hydrogens (tertiary/aromatic N) is 1. The van der Waals surface area contributed by atoms with Gasteiger partial charge in [-0.05, 0) is 49.9 Å². The van der Waals surface area contributed by atoms with E-state index in [0.717, 1.165) is 5.56 Å². The summed E-state index contributed by atoms with van der Waals surface area (Å²) in [5.41, 5.74) is 1.51. The standard InChI is InChI=1S/C26H35N3O6S/c1-17(2)24(26(31)27-20-8-11-22(34-4)23(16-20)35-5)28-25(30)19-12-14-29(15-13-19)36(32,33)21-9-6-18(3)7-10-21/h6-11,16-17,19,24H,12-15H2,1-5H3,(H,27,31)(H,28,30). The number of anilines is 1. The van der Waals surface area contributed by atoms with Crippen LogP contribution in [0.25, 0.3) is 0 Å². The zero-order valence-corrected chi connectivity index (χ0v) is 22.2. The molecule has 0 radical (unpaired) electrons. The summed E-state index contributed by atoms with van der Waals surface area (Å²) < 4.78 is 37.8. The van der Waals surface area contributed by atoms with Crippen molar-refractivity contribution in [2.24, 2.45) is 11.8 Å². The van der Waals surface area contributed by atoms with Crippen LogP contribution in [0.15, 0.2) is 47.4 Å². The van der Waals surface area contributed by atoms with Crippen LogP contribution in [0.4, 0.5) is 5.69 Å². The van der Waals surface area contributed by atoms with Crippen LogP contribution < -0.4 is 20.1 Å². The van der Waals surface area contributed by atoms with Crippen molar-refractivity contribution in [1.82, 2.24) is 9.62 Å². The third-order valence-electron chi connectivity index (χ3n) is 6.38. The minimum Gasteiger partial charge on any atom is -0.493 e. The Balaban J connectivity index is 1.61. The van der Waals surface area contributed by atoms with Crippen molar-refractivity contribution < 1.29 is 27.5 Å². The Bertz CT molecular complexity index is 1170. The SMILES string of the molecule is COc1ccc(NC(=O)C(NC(=O)C2CCN(S(=O)(=O)c3ccc(C)cc3)CC2)C(C)C)cc1OC. The molecule has 1 unspecified atom stereocenters. The van der Waals surface area contributed by atoms with Gasteiger partial charge in [0.25, 0.3) is 0 Å². The number of nitrogens with one attached hydrogen (secondary N) is 2. The highest BCUT2D eigenvalue weighted by atomic mass is 32.2. The molecule has 2 aromatic rings. The Labute approximate surface area is 213 Å². The summed E-state index contributed by atoms with van der Waals surface area (Å²) in [6.45, 7) is 6.11. The van der Waals surface area contributed by atoms with Gasteiger partial charge >= 0.3 is 0 Å². The number of amides is 2. The maximum absolute atomic E-state index is 13.0. The van der Waals surface area contributed by atoms with Gasteiger partial charge < -0.3 is 20.1 Å². The maximum Gasteiger partial charge on any atom is 0.247 e. The van der Waals surface area contributed by atoms with Crippen molar-refractivity contribution >= 4 is 27.5 Å². The highest BCUT2D eigenvalue weighted by Crippen LogP contribution is 2.30. The fraction of sp³-hybridized carbons (Fsp3) is 0.462. The third kappa shape index (κ3) is 6.36. The molecule has 3 rings (SSSR count). The van der Waals surface area contributed by atoms with Gasteiger partial charge in [-0.2, -0.15) is 4.31 Å². The lowest BCUT2D eigenvalue weighted by atomic mass is 9.95. The Hall–Kier alpha value is -3.11. The molecule has 1 heterocycles. The molecule has 1 aliphatic rings. The van der Waals surface area contributed by atoms with Gasteiger partial charge in [-0.1, -0.05) is 31.5 Å². The first-order valence-corrected chi connectivity index (χ1v) is 13.4. The van der Waals surface area contributed by atoms with E-state index < -0.39 is 16.1 Å². The highest BCUT2D eigenvalue weighted by molar-refractivity contribution is 7.89. The number of aryl methyl sites for hydroxylation is 1. The molecule has 0 bridgehead atoms. The van der Waals surface area contributed by atoms with Crippen molar-refractivity contribution in [2.75, 3.05) is 32.6 Å². The average molecular weight is 518 g/mol. The lowest BCUT2D eigenvalue weighted by Crippen LogP contribution is -2.50. The van der Waals surface area contributed by atoms with Gasteiger partial charge in [0.1, 0.15) is 6.04 Å². The zero-order chi connectivity index (χ0) is 26.5. The van der Waals surface area contributed by atoms with Crippen LogP contribution in [0.3, 0.4) is 0 Å². The second-order valence-corrected chi connectivity index (χ2v) is 11.2. The van der Waals surface area contributed by atoms with Crippen LogP contribution in [0.1, 0.15) is 32.3 Å². The van der Waals surface area contributed by atoms with Crippen LogP contribution in [0.2, 0.25) is 0 Å². The van der Waals surface area contributed by atoms with E-state index in [-0.39, 0.29) is 41.6 Å². The van der Waals surface area contributed by atoms with Crippen molar-refractivity contribution in [3.8, 4) is 11.5 Å². The quantitative estimate of drug-likeness (QED) is 0.528. The highest BCUT2D eigenvalue weighted by Gasteiger charge is 2.34. The number of piperidine rings is 1. The van der Waals surface area contributed by atoms with Crippen molar-refractivity contribution in [1.29, 1.82) is 0 Å². The van der Waals surface area contributed by atoms with E-state index in [2.05, 4.69) is 10.6 Å². The minimum absolute atomic E-state index is 0.156. The number of hydrogen-bond donors (Lipinski definition) is 2. The first-order chi connectivity index (χ1) is 17.1. The molecule has 2 N–H and O–H groups in total. The number of benzene rings is 2. The molecule has 0 aromatic heterocycles. The van der Waals surface area contributed by atoms with Crippen LogP contribution in [-0.4, -0.2) is 57.9 Å². The molecule has 10 heteroatoms. The molecule has 1 saturated heterocycles. The monoisotopic (exact) mass is 517 g/mol. The largest absolute Gasteiger partial charge is 0.493 e. The molecular formula is C26H35N3O6S. The summed E-state index contributed by atoms with van der Waals surface area (Å²) in [5.74, 6) is -0.0954. The Morgan fingerprint density at radius 1 is 0.972 bits per heavy atom. The molecule has 1 atom stereocenters. The summed E-state index contributed by atoms with van der Waals surface area (Å²) in [6.07, 6.45) is 0.776. The van der Waals surface area contributed by atoms with E-state index in [1.807, 2.05) is 20.8 Å². The molecule has 0 saturated carbocycles. The van der Waals surface area contributed by atoms with E-state index in [1.54, 1.807) is 42.5 Å². The van der Waals surface area contributed by atoms with Gasteiger partial charge in [0.2, 0.25) is 21.8 Å². The molecule has 196 valence electrons. The number of carbonyl (C=O) groups excluding carboxylic acids is 2. The summed E-state index contributed by atoms with van der Waals surface area (Å²) in [6, 6.07) is 11.0.